The number of unbranched alkanes of at least 4 members (excludes halogenated alkanes) is 1. The van der Waals surface area contributed by atoms with Gasteiger partial charge in [-0.25, -0.2) is 8.78 Å². The summed E-state index contributed by atoms with van der Waals surface area (Å²) in [6, 6.07) is 3.52. The average molecular weight is 486 g/mol. The first-order chi connectivity index (χ1) is 11.5. The zero-order valence-electron chi connectivity index (χ0n) is 15.3. The van der Waals surface area contributed by atoms with Gasteiger partial charge in [-0.05, 0) is 51.1 Å². The van der Waals surface area contributed by atoms with E-state index < -0.39 is 17.7 Å². The molecule has 0 radical (unpaired) electrons. The van der Waals surface area contributed by atoms with Gasteiger partial charge >= 0.3 is 0 Å². The fraction of sp³-hybridized carbons (Fsp3) is 0.588. The highest BCUT2D eigenvalue weighted by atomic mass is 127. The van der Waals surface area contributed by atoms with Gasteiger partial charge < -0.3 is 15.5 Å². The third-order valence-corrected chi connectivity index (χ3v) is 4.41. The van der Waals surface area contributed by atoms with E-state index in [4.69, 9.17) is 0 Å². The van der Waals surface area contributed by atoms with Crippen molar-refractivity contribution in [3.63, 3.8) is 0 Å². The number of halogens is 3. The molecule has 0 saturated carbocycles. The summed E-state index contributed by atoms with van der Waals surface area (Å²) in [5.74, 6) is 0.719. The lowest BCUT2D eigenvalue weighted by Gasteiger charge is -2.26. The van der Waals surface area contributed by atoms with Crippen LogP contribution < -0.4 is 10.6 Å². The Kier molecular flexibility index (Phi) is 13.2. The van der Waals surface area contributed by atoms with E-state index in [0.29, 0.717) is 12.5 Å². The van der Waals surface area contributed by atoms with Crippen LogP contribution >= 0.6 is 35.7 Å². The van der Waals surface area contributed by atoms with Gasteiger partial charge in [0.05, 0.1) is 6.04 Å². The van der Waals surface area contributed by atoms with Crippen LogP contribution in [0.2, 0.25) is 0 Å². The fourth-order valence-electron chi connectivity index (χ4n) is 2.36. The van der Waals surface area contributed by atoms with Gasteiger partial charge in [-0.3, -0.25) is 4.99 Å². The number of thioether (sulfide) groups is 1. The van der Waals surface area contributed by atoms with E-state index in [1.54, 1.807) is 26.0 Å². The lowest BCUT2D eigenvalue weighted by atomic mass is 10.0. The Labute approximate surface area is 171 Å². The molecule has 144 valence electrons. The number of hydrogen-bond acceptors (Lipinski definition) is 3. The Morgan fingerprint density at radius 2 is 1.84 bits per heavy atom. The van der Waals surface area contributed by atoms with E-state index in [1.165, 1.54) is 18.2 Å². The molecule has 0 fully saturated rings. The van der Waals surface area contributed by atoms with Crippen LogP contribution in [0.1, 0.15) is 24.4 Å². The molecule has 0 spiro atoms. The molecular formula is C17H29F2IN4S. The molecule has 4 nitrogen and oxygen atoms in total. The molecule has 0 amide bonds. The van der Waals surface area contributed by atoms with Gasteiger partial charge in [0.1, 0.15) is 11.6 Å². The normalized spacial score (nSPS) is 12.7. The van der Waals surface area contributed by atoms with Gasteiger partial charge in [0.2, 0.25) is 0 Å². The monoisotopic (exact) mass is 486 g/mol. The van der Waals surface area contributed by atoms with Crippen molar-refractivity contribution in [2.75, 3.05) is 46.2 Å². The van der Waals surface area contributed by atoms with Crippen LogP contribution in [0, 0.1) is 11.6 Å². The average Bonchev–Trinajstić information content (AvgIpc) is 2.54. The SMILES string of the molecule is CN=C(NCCCCSC)NCC(c1c(F)cccc1F)N(C)C.I. The third-order valence-electron chi connectivity index (χ3n) is 3.71. The maximum atomic E-state index is 14.0. The number of rotatable bonds is 9. The van der Waals surface area contributed by atoms with Crippen LogP contribution in [0.4, 0.5) is 8.78 Å². The fourth-order valence-corrected chi connectivity index (χ4v) is 2.86. The summed E-state index contributed by atoms with van der Waals surface area (Å²) in [5, 5.41) is 6.38. The largest absolute Gasteiger partial charge is 0.356 e. The Balaban J connectivity index is 0.00000576. The van der Waals surface area contributed by atoms with Gasteiger partial charge in [-0.1, -0.05) is 6.07 Å². The molecule has 0 aromatic heterocycles. The van der Waals surface area contributed by atoms with E-state index >= 15 is 0 Å². The topological polar surface area (TPSA) is 39.7 Å². The minimum Gasteiger partial charge on any atom is -0.356 e. The molecule has 2 N–H and O–H groups in total. The smallest absolute Gasteiger partial charge is 0.191 e. The molecule has 1 aromatic rings. The maximum Gasteiger partial charge on any atom is 0.191 e. The number of aliphatic imine (C=N–C) groups is 1. The minimum absolute atomic E-state index is 0. The van der Waals surface area contributed by atoms with Gasteiger partial charge in [0.25, 0.3) is 0 Å². The Morgan fingerprint density at radius 1 is 1.20 bits per heavy atom. The van der Waals surface area contributed by atoms with Crippen molar-refractivity contribution < 1.29 is 8.78 Å². The predicted octanol–water partition coefficient (Wildman–Crippen LogP) is 3.49. The number of likely N-dealkylation sites (N-methyl/N-ethyl adjacent to an activating group) is 1. The van der Waals surface area contributed by atoms with E-state index in [2.05, 4.69) is 21.9 Å². The molecule has 0 saturated heterocycles. The van der Waals surface area contributed by atoms with E-state index in [9.17, 15) is 8.78 Å². The summed E-state index contributed by atoms with van der Waals surface area (Å²) in [6.45, 7) is 1.18. The molecule has 0 bridgehead atoms. The van der Waals surface area contributed by atoms with Gasteiger partial charge in [0.15, 0.2) is 5.96 Å². The maximum absolute atomic E-state index is 14.0. The first-order valence-corrected chi connectivity index (χ1v) is 9.44. The van der Waals surface area contributed by atoms with Crippen molar-refractivity contribution >= 4 is 41.7 Å². The van der Waals surface area contributed by atoms with Crippen molar-refractivity contribution in [1.82, 2.24) is 15.5 Å². The molecule has 0 aliphatic heterocycles. The number of benzene rings is 1. The molecule has 0 aliphatic rings. The standard InChI is InChI=1S/C17H28F2N4S.HI/c1-20-17(21-10-5-6-11-24-4)22-12-15(23(2)3)16-13(18)8-7-9-14(16)19;/h7-9,15H,5-6,10-12H2,1-4H3,(H2,20,21,22);1H. The molecule has 0 aliphatic carbocycles. The molecular weight excluding hydrogens is 457 g/mol. The molecule has 0 heterocycles. The van der Waals surface area contributed by atoms with Crippen molar-refractivity contribution in [2.24, 2.45) is 4.99 Å². The quantitative estimate of drug-likeness (QED) is 0.243. The Bertz CT molecular complexity index is 509. The zero-order chi connectivity index (χ0) is 17.9. The zero-order valence-corrected chi connectivity index (χ0v) is 18.5. The first-order valence-electron chi connectivity index (χ1n) is 8.05. The van der Waals surface area contributed by atoms with Crippen molar-refractivity contribution in [3.8, 4) is 0 Å². The van der Waals surface area contributed by atoms with Crippen molar-refractivity contribution in [2.45, 2.75) is 18.9 Å². The highest BCUT2D eigenvalue weighted by molar-refractivity contribution is 14.0. The first kappa shape index (κ1) is 24.4. The van der Waals surface area contributed by atoms with Crippen LogP contribution in [-0.2, 0) is 0 Å². The molecule has 1 unspecified atom stereocenters. The highest BCUT2D eigenvalue weighted by Gasteiger charge is 2.22. The lowest BCUT2D eigenvalue weighted by molar-refractivity contribution is 0.282. The summed E-state index contributed by atoms with van der Waals surface area (Å²) >= 11 is 1.83. The van der Waals surface area contributed by atoms with Crippen LogP contribution in [0.3, 0.4) is 0 Å². The summed E-state index contributed by atoms with van der Waals surface area (Å²) in [7, 11) is 5.29. The lowest BCUT2D eigenvalue weighted by Crippen LogP contribution is -2.42. The van der Waals surface area contributed by atoms with Crippen LogP contribution in [0.25, 0.3) is 0 Å². The minimum atomic E-state index is -0.532. The molecule has 1 atom stereocenters. The van der Waals surface area contributed by atoms with Gasteiger partial charge in [-0.15, -0.1) is 24.0 Å². The third kappa shape index (κ3) is 8.54. The molecule has 1 rings (SSSR count). The number of nitrogens with zero attached hydrogens (tertiary/aromatic N) is 2. The van der Waals surface area contributed by atoms with E-state index in [0.717, 1.165) is 25.1 Å². The van der Waals surface area contributed by atoms with Crippen molar-refractivity contribution in [3.05, 3.63) is 35.4 Å². The van der Waals surface area contributed by atoms with Gasteiger partial charge in [0, 0.05) is 25.7 Å². The second-order valence-corrected chi connectivity index (χ2v) is 6.68. The number of guanidine groups is 1. The second-order valence-electron chi connectivity index (χ2n) is 5.69. The summed E-state index contributed by atoms with van der Waals surface area (Å²) in [5.41, 5.74) is 0.0745. The van der Waals surface area contributed by atoms with E-state index in [-0.39, 0.29) is 29.5 Å². The van der Waals surface area contributed by atoms with Crippen LogP contribution in [-0.4, -0.2) is 57.1 Å². The summed E-state index contributed by atoms with van der Waals surface area (Å²) < 4.78 is 28.1. The van der Waals surface area contributed by atoms with Gasteiger partial charge in [-0.2, -0.15) is 11.8 Å². The second kappa shape index (κ2) is 13.6. The van der Waals surface area contributed by atoms with E-state index in [1.807, 2.05) is 11.8 Å². The Hall–Kier alpha value is -0.610. The van der Waals surface area contributed by atoms with Crippen LogP contribution in [0.5, 0.6) is 0 Å². The molecule has 8 heteroatoms. The number of nitrogens with one attached hydrogen (secondary N) is 2. The van der Waals surface area contributed by atoms with Crippen LogP contribution in [0.15, 0.2) is 23.2 Å². The number of hydrogen-bond donors (Lipinski definition) is 2. The predicted molar refractivity (Wildman–Crippen MR) is 115 cm³/mol. The van der Waals surface area contributed by atoms with Crippen molar-refractivity contribution in [1.29, 1.82) is 0 Å². The molecule has 1 aromatic carbocycles. The summed E-state index contributed by atoms with van der Waals surface area (Å²) in [6.07, 6.45) is 4.30. The summed E-state index contributed by atoms with van der Waals surface area (Å²) in [4.78, 5) is 5.95. The Morgan fingerprint density at radius 3 is 2.36 bits per heavy atom. The molecule has 25 heavy (non-hydrogen) atoms. The highest BCUT2D eigenvalue weighted by Crippen LogP contribution is 2.23.